The molecule has 4 aromatic rings. The summed E-state index contributed by atoms with van der Waals surface area (Å²) in [4.78, 5) is 12.4. The van der Waals surface area contributed by atoms with Crippen LogP contribution < -0.4 is 9.47 Å². The van der Waals surface area contributed by atoms with Crippen molar-refractivity contribution in [3.8, 4) is 11.5 Å². The molecule has 4 aromatic carbocycles. The molecule has 0 radical (unpaired) electrons. The van der Waals surface area contributed by atoms with Crippen LogP contribution >= 0.6 is 11.6 Å². The SMILES string of the molecule is O=C(Oc1ccc([C@@H]2Oc3ccccc3[C@@H]3CC(c4ccc(Cl)cc4)=NN32)cc1)c1ccccc1. The zero-order chi connectivity index (χ0) is 23.8. The van der Waals surface area contributed by atoms with Gasteiger partial charge in [0.05, 0.1) is 17.3 Å². The fourth-order valence-corrected chi connectivity index (χ4v) is 4.64. The fourth-order valence-electron chi connectivity index (χ4n) is 4.51. The number of fused-ring (bicyclic) bond motifs is 3. The van der Waals surface area contributed by atoms with Crippen LogP contribution in [0.15, 0.2) is 108 Å². The molecule has 172 valence electrons. The van der Waals surface area contributed by atoms with Crippen molar-refractivity contribution in [3.63, 3.8) is 0 Å². The zero-order valence-corrected chi connectivity index (χ0v) is 19.4. The number of hydrazone groups is 1. The molecule has 0 bridgehead atoms. The van der Waals surface area contributed by atoms with Gasteiger partial charge < -0.3 is 9.47 Å². The number of benzene rings is 4. The Morgan fingerprint density at radius 3 is 2.37 bits per heavy atom. The van der Waals surface area contributed by atoms with E-state index in [0.29, 0.717) is 16.3 Å². The number of halogens is 1. The lowest BCUT2D eigenvalue weighted by Gasteiger charge is -2.38. The number of hydrogen-bond donors (Lipinski definition) is 0. The molecule has 6 rings (SSSR count). The van der Waals surface area contributed by atoms with Gasteiger partial charge in [0.25, 0.3) is 0 Å². The number of ether oxygens (including phenoxy) is 2. The van der Waals surface area contributed by atoms with Crippen LogP contribution in [-0.4, -0.2) is 16.7 Å². The van der Waals surface area contributed by atoms with E-state index in [1.54, 1.807) is 24.3 Å². The smallest absolute Gasteiger partial charge is 0.343 e. The highest BCUT2D eigenvalue weighted by Gasteiger charge is 2.40. The molecule has 0 unspecified atom stereocenters. The van der Waals surface area contributed by atoms with E-state index in [1.165, 1.54) is 0 Å². The molecular weight excluding hydrogens is 460 g/mol. The summed E-state index contributed by atoms with van der Waals surface area (Å²) in [5, 5.41) is 7.70. The van der Waals surface area contributed by atoms with Crippen molar-refractivity contribution in [3.05, 3.63) is 130 Å². The van der Waals surface area contributed by atoms with Gasteiger partial charge >= 0.3 is 5.97 Å². The van der Waals surface area contributed by atoms with Crippen LogP contribution in [0.3, 0.4) is 0 Å². The number of carbonyl (C=O) groups is 1. The maximum atomic E-state index is 12.4. The summed E-state index contributed by atoms with van der Waals surface area (Å²) in [6, 6.07) is 32.3. The first kappa shape index (κ1) is 21.4. The molecule has 0 fully saturated rings. The van der Waals surface area contributed by atoms with E-state index in [-0.39, 0.29) is 6.04 Å². The third-order valence-electron chi connectivity index (χ3n) is 6.26. The van der Waals surface area contributed by atoms with Gasteiger partial charge in [-0.2, -0.15) is 5.10 Å². The van der Waals surface area contributed by atoms with Crippen molar-refractivity contribution in [2.24, 2.45) is 5.10 Å². The van der Waals surface area contributed by atoms with Gasteiger partial charge in [-0.25, -0.2) is 9.80 Å². The van der Waals surface area contributed by atoms with Crippen LogP contribution in [0.1, 0.15) is 45.7 Å². The third-order valence-corrected chi connectivity index (χ3v) is 6.51. The molecule has 2 aliphatic heterocycles. The number of nitrogens with zero attached hydrogens (tertiary/aromatic N) is 2. The number of esters is 1. The minimum Gasteiger partial charge on any atom is -0.464 e. The highest BCUT2D eigenvalue weighted by molar-refractivity contribution is 6.30. The summed E-state index contributed by atoms with van der Waals surface area (Å²) in [5.74, 6) is 0.936. The van der Waals surface area contributed by atoms with E-state index in [1.807, 2.05) is 77.8 Å². The standard InChI is InChI=1S/C29H21ClN2O3/c30-22-14-10-19(11-15-22)25-18-26-24-8-4-5-9-27(24)35-28(32(26)31-25)20-12-16-23(17-13-20)34-29(33)21-6-2-1-3-7-21/h1-17,26,28H,18H2/t26-,28-/m0/s1. The van der Waals surface area contributed by atoms with Crippen LogP contribution in [0.5, 0.6) is 11.5 Å². The lowest BCUT2D eigenvalue weighted by Crippen LogP contribution is -2.33. The Morgan fingerprint density at radius 1 is 0.886 bits per heavy atom. The maximum absolute atomic E-state index is 12.4. The van der Waals surface area contributed by atoms with E-state index in [9.17, 15) is 4.79 Å². The minimum atomic E-state index is -0.404. The summed E-state index contributed by atoms with van der Waals surface area (Å²) in [6.45, 7) is 0. The number of carbonyl (C=O) groups excluding carboxylic acids is 1. The summed E-state index contributed by atoms with van der Waals surface area (Å²) in [6.07, 6.45) is 0.365. The molecule has 2 heterocycles. The Hall–Kier alpha value is -4.09. The molecule has 0 N–H and O–H groups in total. The summed E-state index contributed by atoms with van der Waals surface area (Å²) < 4.78 is 12.0. The Labute approximate surface area is 208 Å². The van der Waals surface area contributed by atoms with Crippen molar-refractivity contribution in [2.75, 3.05) is 0 Å². The molecule has 2 atom stereocenters. The zero-order valence-electron chi connectivity index (χ0n) is 18.7. The van der Waals surface area contributed by atoms with E-state index >= 15 is 0 Å². The molecule has 0 spiro atoms. The molecule has 35 heavy (non-hydrogen) atoms. The van der Waals surface area contributed by atoms with Crippen LogP contribution in [0, 0.1) is 0 Å². The highest BCUT2D eigenvalue weighted by Crippen LogP contribution is 2.47. The van der Waals surface area contributed by atoms with Gasteiger partial charge in [0.2, 0.25) is 6.23 Å². The topological polar surface area (TPSA) is 51.1 Å². The first-order chi connectivity index (χ1) is 17.2. The largest absolute Gasteiger partial charge is 0.464 e. The molecule has 6 heteroatoms. The molecular formula is C29H21ClN2O3. The Bertz CT molecular complexity index is 1400. The van der Waals surface area contributed by atoms with Gasteiger partial charge in [0.15, 0.2) is 0 Å². The summed E-state index contributed by atoms with van der Waals surface area (Å²) in [7, 11) is 0. The number of rotatable bonds is 4. The van der Waals surface area contributed by atoms with Crippen molar-refractivity contribution < 1.29 is 14.3 Å². The van der Waals surface area contributed by atoms with Gasteiger partial charge in [-0.05, 0) is 60.2 Å². The van der Waals surface area contributed by atoms with Crippen molar-refractivity contribution >= 4 is 23.3 Å². The van der Waals surface area contributed by atoms with E-state index < -0.39 is 12.2 Å². The maximum Gasteiger partial charge on any atom is 0.343 e. The molecule has 0 aromatic heterocycles. The molecule has 0 aliphatic carbocycles. The number of para-hydroxylation sites is 1. The first-order valence-corrected chi connectivity index (χ1v) is 11.8. The predicted molar refractivity (Wildman–Crippen MR) is 135 cm³/mol. The molecule has 2 aliphatic rings. The predicted octanol–water partition coefficient (Wildman–Crippen LogP) is 6.80. The second-order valence-corrected chi connectivity index (χ2v) is 8.92. The Kier molecular flexibility index (Phi) is 5.47. The van der Waals surface area contributed by atoms with Gasteiger partial charge in [-0.15, -0.1) is 0 Å². The van der Waals surface area contributed by atoms with Gasteiger partial charge in [-0.1, -0.05) is 60.1 Å². The quantitative estimate of drug-likeness (QED) is 0.238. The highest BCUT2D eigenvalue weighted by atomic mass is 35.5. The Balaban J connectivity index is 1.29. The van der Waals surface area contributed by atoms with E-state index in [2.05, 4.69) is 6.07 Å². The third kappa shape index (κ3) is 4.15. The van der Waals surface area contributed by atoms with Crippen molar-refractivity contribution in [2.45, 2.75) is 18.7 Å². The van der Waals surface area contributed by atoms with Gasteiger partial charge in [0.1, 0.15) is 11.5 Å². The molecule has 0 saturated carbocycles. The van der Waals surface area contributed by atoms with Crippen LogP contribution in [0.2, 0.25) is 5.02 Å². The van der Waals surface area contributed by atoms with Crippen LogP contribution in [0.4, 0.5) is 0 Å². The summed E-state index contributed by atoms with van der Waals surface area (Å²) in [5.41, 5.74) is 4.58. The second kappa shape index (κ2) is 8.93. The monoisotopic (exact) mass is 480 g/mol. The molecule has 0 saturated heterocycles. The summed E-state index contributed by atoms with van der Waals surface area (Å²) >= 11 is 6.09. The second-order valence-electron chi connectivity index (χ2n) is 8.49. The van der Waals surface area contributed by atoms with Crippen molar-refractivity contribution in [1.82, 2.24) is 5.01 Å². The van der Waals surface area contributed by atoms with Gasteiger partial charge in [0, 0.05) is 22.6 Å². The lowest BCUT2D eigenvalue weighted by atomic mass is 9.96. The van der Waals surface area contributed by atoms with Gasteiger partial charge in [-0.3, -0.25) is 0 Å². The van der Waals surface area contributed by atoms with E-state index in [4.69, 9.17) is 26.2 Å². The normalized spacial score (nSPS) is 18.2. The Morgan fingerprint density at radius 2 is 1.60 bits per heavy atom. The fraction of sp³-hybridized carbons (Fsp3) is 0.103. The molecule has 0 amide bonds. The van der Waals surface area contributed by atoms with Crippen LogP contribution in [0.25, 0.3) is 0 Å². The van der Waals surface area contributed by atoms with Crippen LogP contribution in [-0.2, 0) is 0 Å². The molecule has 5 nitrogen and oxygen atoms in total. The average molecular weight is 481 g/mol. The number of hydrogen-bond acceptors (Lipinski definition) is 5. The van der Waals surface area contributed by atoms with Crippen molar-refractivity contribution in [1.29, 1.82) is 0 Å². The average Bonchev–Trinajstić information content (AvgIpc) is 3.35. The van der Waals surface area contributed by atoms with E-state index in [0.717, 1.165) is 34.6 Å². The minimum absolute atomic E-state index is 0.0613. The lowest BCUT2D eigenvalue weighted by molar-refractivity contribution is -0.0190. The first-order valence-electron chi connectivity index (χ1n) is 11.4.